The van der Waals surface area contributed by atoms with E-state index < -0.39 is 17.8 Å². The maximum atomic E-state index is 13.0. The highest BCUT2D eigenvalue weighted by atomic mass is 16.5. The van der Waals surface area contributed by atoms with Gasteiger partial charge in [-0.15, -0.1) is 0 Å². The second kappa shape index (κ2) is 9.41. The fraction of sp³-hybridized carbons (Fsp3) is 0.120. The summed E-state index contributed by atoms with van der Waals surface area (Å²) in [6, 6.07) is 10.7. The molecule has 4 N–H and O–H groups in total. The van der Waals surface area contributed by atoms with Crippen molar-refractivity contribution in [1.29, 1.82) is 0 Å². The van der Waals surface area contributed by atoms with Gasteiger partial charge in [0.2, 0.25) is 0 Å². The number of fused-ring (bicyclic) bond motifs is 2. The van der Waals surface area contributed by atoms with E-state index in [0.717, 1.165) is 5.56 Å². The van der Waals surface area contributed by atoms with E-state index in [1.165, 1.54) is 30.6 Å². The van der Waals surface area contributed by atoms with Crippen LogP contribution in [0.5, 0.6) is 5.75 Å². The number of hydrogen-bond acceptors (Lipinski definition) is 7. The molecule has 37 heavy (non-hydrogen) atoms. The van der Waals surface area contributed by atoms with Crippen molar-refractivity contribution in [3.8, 4) is 5.75 Å². The molecule has 186 valence electrons. The molecule has 0 bridgehead atoms. The van der Waals surface area contributed by atoms with E-state index in [4.69, 9.17) is 9.84 Å². The number of carboxylic acid groups (broad SMARTS) is 1. The molecule has 4 aromatic rings. The third-order valence-corrected chi connectivity index (χ3v) is 5.74. The fourth-order valence-electron chi connectivity index (χ4n) is 3.95. The molecule has 0 radical (unpaired) electrons. The first-order valence-corrected chi connectivity index (χ1v) is 11.1. The standard InChI is InChI=1S/C25H20N6O6/c1-31-10-17(30-23(33)14-3-5-15(6-4-14)25(35)36)20-22(31)21(28-12-27-20)24(34)26-9-13-2-7-18-16(8-13)29-19(32)11-37-18/h2-8,10,12H,9,11H2,1H3,(H,26,34)(H,29,32)(H,30,33)(H,35,36). The van der Waals surface area contributed by atoms with Crippen LogP contribution < -0.4 is 20.7 Å². The van der Waals surface area contributed by atoms with Crippen LogP contribution in [-0.2, 0) is 18.4 Å². The van der Waals surface area contributed by atoms with E-state index >= 15 is 0 Å². The number of amides is 3. The molecule has 12 nitrogen and oxygen atoms in total. The zero-order valence-corrected chi connectivity index (χ0v) is 19.4. The summed E-state index contributed by atoms with van der Waals surface area (Å²) in [5.74, 6) is -1.69. The zero-order chi connectivity index (χ0) is 26.1. The van der Waals surface area contributed by atoms with Gasteiger partial charge in [-0.1, -0.05) is 6.07 Å². The number of carboxylic acids is 1. The normalized spacial score (nSPS) is 12.3. The summed E-state index contributed by atoms with van der Waals surface area (Å²) in [6.07, 6.45) is 2.85. The van der Waals surface area contributed by atoms with Crippen LogP contribution in [0.15, 0.2) is 55.0 Å². The molecule has 0 saturated carbocycles. The first-order valence-electron chi connectivity index (χ1n) is 11.1. The van der Waals surface area contributed by atoms with Crippen molar-refractivity contribution in [2.45, 2.75) is 6.54 Å². The number of carbonyl (C=O) groups excluding carboxylic acids is 3. The number of nitrogens with one attached hydrogen (secondary N) is 3. The molecule has 3 heterocycles. The second-order valence-corrected chi connectivity index (χ2v) is 8.26. The van der Waals surface area contributed by atoms with Crippen LogP contribution >= 0.6 is 0 Å². The second-order valence-electron chi connectivity index (χ2n) is 8.26. The van der Waals surface area contributed by atoms with Gasteiger partial charge in [0.05, 0.1) is 16.9 Å². The highest BCUT2D eigenvalue weighted by Crippen LogP contribution is 2.29. The van der Waals surface area contributed by atoms with E-state index in [0.29, 0.717) is 28.2 Å². The predicted molar refractivity (Wildman–Crippen MR) is 132 cm³/mol. The molecule has 0 saturated heterocycles. The summed E-state index contributed by atoms with van der Waals surface area (Å²) in [5.41, 5.74) is 2.89. The van der Waals surface area contributed by atoms with Crippen molar-refractivity contribution >= 4 is 46.1 Å². The summed E-state index contributed by atoms with van der Waals surface area (Å²) >= 11 is 0. The summed E-state index contributed by atoms with van der Waals surface area (Å²) in [6.45, 7) is 0.136. The first-order chi connectivity index (χ1) is 17.8. The lowest BCUT2D eigenvalue weighted by Crippen LogP contribution is -2.26. The number of nitrogens with zero attached hydrogens (tertiary/aromatic N) is 3. The minimum absolute atomic E-state index is 0.0388. The first kappa shape index (κ1) is 23.5. The van der Waals surface area contributed by atoms with Crippen molar-refractivity contribution in [3.63, 3.8) is 0 Å². The molecule has 5 rings (SSSR count). The molecule has 0 fully saturated rings. The van der Waals surface area contributed by atoms with Gasteiger partial charge >= 0.3 is 5.97 Å². The quantitative estimate of drug-likeness (QED) is 0.313. The number of aromatic carboxylic acids is 1. The van der Waals surface area contributed by atoms with Gasteiger partial charge in [-0.05, 0) is 42.0 Å². The van der Waals surface area contributed by atoms with E-state index in [9.17, 15) is 19.2 Å². The fourth-order valence-corrected chi connectivity index (χ4v) is 3.95. The smallest absolute Gasteiger partial charge is 0.335 e. The number of carbonyl (C=O) groups is 4. The van der Waals surface area contributed by atoms with Gasteiger partial charge in [0.1, 0.15) is 23.1 Å². The van der Waals surface area contributed by atoms with Crippen LogP contribution in [-0.4, -0.2) is 49.9 Å². The van der Waals surface area contributed by atoms with E-state index in [1.54, 1.807) is 36.0 Å². The molecule has 3 amide bonds. The average molecular weight is 500 g/mol. The minimum atomic E-state index is -1.09. The Morgan fingerprint density at radius 1 is 1.08 bits per heavy atom. The molecule has 2 aromatic heterocycles. The average Bonchev–Trinajstić information content (AvgIpc) is 3.22. The Kier molecular flexibility index (Phi) is 5.97. The third kappa shape index (κ3) is 4.67. The molecular formula is C25H20N6O6. The van der Waals surface area contributed by atoms with Crippen molar-refractivity contribution in [3.05, 3.63) is 77.4 Å². The summed E-state index contributed by atoms with van der Waals surface area (Å²) in [4.78, 5) is 56.7. The number of aryl methyl sites for hydroxylation is 1. The van der Waals surface area contributed by atoms with Crippen molar-refractivity contribution in [2.75, 3.05) is 17.2 Å². The Bertz CT molecular complexity index is 1580. The van der Waals surface area contributed by atoms with Crippen LogP contribution in [0.1, 0.15) is 36.8 Å². The maximum absolute atomic E-state index is 13.0. The number of aromatic nitrogens is 3. The van der Waals surface area contributed by atoms with Crippen LogP contribution in [0.3, 0.4) is 0 Å². The van der Waals surface area contributed by atoms with Crippen molar-refractivity contribution in [1.82, 2.24) is 19.9 Å². The predicted octanol–water partition coefficient (Wildman–Crippen LogP) is 2.18. The van der Waals surface area contributed by atoms with E-state index in [-0.39, 0.29) is 35.9 Å². The number of rotatable bonds is 6. The molecule has 0 atom stereocenters. The number of anilines is 2. The van der Waals surface area contributed by atoms with Gasteiger partial charge in [-0.3, -0.25) is 14.4 Å². The lowest BCUT2D eigenvalue weighted by Gasteiger charge is -2.18. The Morgan fingerprint density at radius 2 is 1.84 bits per heavy atom. The lowest BCUT2D eigenvalue weighted by molar-refractivity contribution is -0.118. The Balaban J connectivity index is 1.34. The van der Waals surface area contributed by atoms with Crippen LogP contribution in [0, 0.1) is 0 Å². The van der Waals surface area contributed by atoms with E-state index in [1.807, 2.05) is 0 Å². The van der Waals surface area contributed by atoms with Gasteiger partial charge in [0.15, 0.2) is 12.3 Å². The molecule has 0 spiro atoms. The monoisotopic (exact) mass is 500 g/mol. The summed E-state index contributed by atoms with van der Waals surface area (Å²) in [5, 5.41) is 17.3. The van der Waals surface area contributed by atoms with Gasteiger partial charge in [0.25, 0.3) is 17.7 Å². The highest BCUT2D eigenvalue weighted by Gasteiger charge is 2.21. The van der Waals surface area contributed by atoms with E-state index in [2.05, 4.69) is 25.9 Å². The molecule has 0 aliphatic carbocycles. The Morgan fingerprint density at radius 3 is 2.59 bits per heavy atom. The van der Waals surface area contributed by atoms with Crippen LogP contribution in [0.4, 0.5) is 11.4 Å². The molecule has 12 heteroatoms. The van der Waals surface area contributed by atoms with Gasteiger partial charge in [0, 0.05) is 25.4 Å². The summed E-state index contributed by atoms with van der Waals surface area (Å²) < 4.78 is 6.99. The Hall–Kier alpha value is -5.26. The topological polar surface area (TPSA) is 165 Å². The molecule has 1 aliphatic rings. The number of hydrogen-bond donors (Lipinski definition) is 4. The third-order valence-electron chi connectivity index (χ3n) is 5.74. The maximum Gasteiger partial charge on any atom is 0.335 e. The molecule has 0 unspecified atom stereocenters. The van der Waals surface area contributed by atoms with Crippen LogP contribution in [0.25, 0.3) is 11.0 Å². The SMILES string of the molecule is Cn1cc(NC(=O)c2ccc(C(=O)O)cc2)c2ncnc(C(=O)NCc3ccc4c(c3)NC(=O)CO4)c21. The zero-order valence-electron chi connectivity index (χ0n) is 19.4. The number of benzene rings is 2. The Labute approximate surface area is 209 Å². The largest absolute Gasteiger partial charge is 0.482 e. The number of ether oxygens (including phenoxy) is 1. The molecule has 1 aliphatic heterocycles. The lowest BCUT2D eigenvalue weighted by atomic mass is 10.1. The van der Waals surface area contributed by atoms with Crippen molar-refractivity contribution < 1.29 is 29.0 Å². The van der Waals surface area contributed by atoms with Gasteiger partial charge < -0.3 is 30.4 Å². The molecule has 2 aromatic carbocycles. The summed E-state index contributed by atoms with van der Waals surface area (Å²) in [7, 11) is 1.70. The minimum Gasteiger partial charge on any atom is -0.482 e. The van der Waals surface area contributed by atoms with Gasteiger partial charge in [-0.2, -0.15) is 0 Å². The molecular weight excluding hydrogens is 480 g/mol. The van der Waals surface area contributed by atoms with Crippen molar-refractivity contribution in [2.24, 2.45) is 7.05 Å². The van der Waals surface area contributed by atoms with Crippen LogP contribution in [0.2, 0.25) is 0 Å². The van der Waals surface area contributed by atoms with Gasteiger partial charge in [-0.25, -0.2) is 14.8 Å². The highest BCUT2D eigenvalue weighted by molar-refractivity contribution is 6.11.